The molecule has 6 heteroatoms. The smallest absolute Gasteiger partial charge is 0.550 e. The van der Waals surface area contributed by atoms with Crippen molar-refractivity contribution >= 4 is 17.3 Å². The van der Waals surface area contributed by atoms with Crippen LogP contribution < -0.4 is 50.6 Å². The van der Waals surface area contributed by atoms with Gasteiger partial charge in [0.05, 0.1) is 0 Å². The van der Waals surface area contributed by atoms with E-state index in [4.69, 9.17) is 5.73 Å². The van der Waals surface area contributed by atoms with Crippen LogP contribution in [0.5, 0.6) is 0 Å². The zero-order chi connectivity index (χ0) is 13.0. The van der Waals surface area contributed by atoms with E-state index in [9.17, 15) is 9.90 Å². The number of anilines is 2. The number of carboxylic acids is 1. The number of aliphatic carboxylic acids is 1. The van der Waals surface area contributed by atoms with Crippen LogP contribution in [0.1, 0.15) is 12.0 Å². The maximum absolute atomic E-state index is 10.5. The Balaban J connectivity index is 0.00000180. The number of benzene rings is 1. The van der Waals surface area contributed by atoms with Crippen LogP contribution >= 0.6 is 0 Å². The van der Waals surface area contributed by atoms with Crippen LogP contribution in [0.2, 0.25) is 0 Å². The van der Waals surface area contributed by atoms with Crippen LogP contribution in [-0.2, 0) is 11.2 Å². The molecule has 2 rings (SSSR count). The average Bonchev–Trinajstić information content (AvgIpc) is 2.38. The summed E-state index contributed by atoms with van der Waals surface area (Å²) in [5.41, 5.74) is 8.50. The predicted molar refractivity (Wildman–Crippen MR) is 69.3 cm³/mol. The number of carbonyl (C=O) groups excluding carboxylic acids is 1. The second-order valence-electron chi connectivity index (χ2n) is 4.49. The van der Waals surface area contributed by atoms with Crippen LogP contribution in [0.15, 0.2) is 18.2 Å². The number of nitrogens with zero attached hydrogens (tertiary/aromatic N) is 1. The molecule has 1 heterocycles. The summed E-state index contributed by atoms with van der Waals surface area (Å²) >= 11 is 0. The van der Waals surface area contributed by atoms with Crippen molar-refractivity contribution in [2.75, 3.05) is 36.8 Å². The van der Waals surface area contributed by atoms with Gasteiger partial charge in [-0.3, -0.25) is 0 Å². The molecule has 0 radical (unpaired) electrons. The number of rotatable bonds is 4. The van der Waals surface area contributed by atoms with Gasteiger partial charge in [0, 0.05) is 43.5 Å². The number of hydrogen-bond acceptors (Lipinski definition) is 5. The zero-order valence-corrected chi connectivity index (χ0v) is 13.3. The Kier molecular flexibility index (Phi) is 6.65. The minimum absolute atomic E-state index is 0. The number of nitrogens with one attached hydrogen (secondary N) is 1. The van der Waals surface area contributed by atoms with Gasteiger partial charge in [-0.25, -0.2) is 0 Å². The molecule has 0 saturated carbocycles. The molecule has 0 unspecified atom stereocenters. The van der Waals surface area contributed by atoms with Crippen LogP contribution in [0, 0.1) is 0 Å². The summed E-state index contributed by atoms with van der Waals surface area (Å²) in [6.45, 7) is 3.87. The number of nitrogen functional groups attached to an aromatic ring is 1. The number of aryl methyl sites for hydroxylation is 1. The van der Waals surface area contributed by atoms with Gasteiger partial charge >= 0.3 is 29.6 Å². The minimum Gasteiger partial charge on any atom is -0.550 e. The van der Waals surface area contributed by atoms with Crippen molar-refractivity contribution in [1.29, 1.82) is 0 Å². The molecule has 3 N–H and O–H groups in total. The maximum atomic E-state index is 10.5. The van der Waals surface area contributed by atoms with Crippen molar-refractivity contribution in [2.24, 2.45) is 0 Å². The topological polar surface area (TPSA) is 81.4 Å². The largest absolute Gasteiger partial charge is 1.00 e. The van der Waals surface area contributed by atoms with Crippen molar-refractivity contribution < 1.29 is 39.5 Å². The Morgan fingerprint density at radius 2 is 2.05 bits per heavy atom. The molecule has 0 aromatic heterocycles. The average molecular weight is 271 g/mol. The standard InChI is InChI=1S/C13H19N3O2.Na/c14-12-3-2-11(16-7-5-15-6-8-16)9-10(12)1-4-13(17)18;/h2-3,9,15H,1,4-8,14H2,(H,17,18);/q;+1/p-1. The van der Waals surface area contributed by atoms with E-state index in [2.05, 4.69) is 10.2 Å². The fourth-order valence-corrected chi connectivity index (χ4v) is 2.17. The SMILES string of the molecule is Nc1ccc(N2CCNCC2)cc1CCC(=O)[O-].[Na+]. The number of carbonyl (C=O) groups is 1. The van der Waals surface area contributed by atoms with E-state index in [1.807, 2.05) is 18.2 Å². The molecule has 0 aliphatic carbocycles. The molecule has 0 amide bonds. The third-order valence-electron chi connectivity index (χ3n) is 3.21. The molecule has 19 heavy (non-hydrogen) atoms. The van der Waals surface area contributed by atoms with Crippen molar-refractivity contribution in [3.8, 4) is 0 Å². The molecular formula is C13H18N3NaO2. The summed E-state index contributed by atoms with van der Waals surface area (Å²) < 4.78 is 0. The Hall–Kier alpha value is -0.750. The van der Waals surface area contributed by atoms with Gasteiger partial charge in [-0.2, -0.15) is 0 Å². The van der Waals surface area contributed by atoms with Crippen LogP contribution in [0.4, 0.5) is 11.4 Å². The van der Waals surface area contributed by atoms with Crippen LogP contribution in [0.3, 0.4) is 0 Å². The van der Waals surface area contributed by atoms with E-state index < -0.39 is 5.97 Å². The van der Waals surface area contributed by atoms with E-state index in [0.717, 1.165) is 37.4 Å². The zero-order valence-electron chi connectivity index (χ0n) is 11.3. The summed E-state index contributed by atoms with van der Waals surface area (Å²) in [6, 6.07) is 5.83. The van der Waals surface area contributed by atoms with Gasteiger partial charge < -0.3 is 25.9 Å². The Morgan fingerprint density at radius 3 is 2.68 bits per heavy atom. The Labute approximate surface area is 135 Å². The van der Waals surface area contributed by atoms with E-state index in [0.29, 0.717) is 12.1 Å². The van der Waals surface area contributed by atoms with Crippen molar-refractivity contribution in [3.63, 3.8) is 0 Å². The normalized spacial score (nSPS) is 14.8. The summed E-state index contributed by atoms with van der Waals surface area (Å²) in [7, 11) is 0. The molecule has 0 atom stereocenters. The first kappa shape index (κ1) is 16.3. The second kappa shape index (κ2) is 7.75. The molecule has 0 spiro atoms. The van der Waals surface area contributed by atoms with Gasteiger partial charge in [-0.15, -0.1) is 0 Å². The summed E-state index contributed by atoms with van der Waals surface area (Å²) in [5, 5.41) is 13.8. The van der Waals surface area contributed by atoms with Crippen molar-refractivity contribution in [3.05, 3.63) is 23.8 Å². The molecule has 1 fully saturated rings. The first-order chi connectivity index (χ1) is 8.66. The van der Waals surface area contributed by atoms with Gasteiger partial charge in [0.25, 0.3) is 0 Å². The fourth-order valence-electron chi connectivity index (χ4n) is 2.17. The molecular weight excluding hydrogens is 253 g/mol. The Morgan fingerprint density at radius 1 is 1.37 bits per heavy atom. The third kappa shape index (κ3) is 4.69. The van der Waals surface area contributed by atoms with Crippen molar-refractivity contribution in [2.45, 2.75) is 12.8 Å². The third-order valence-corrected chi connectivity index (χ3v) is 3.21. The molecule has 1 aromatic carbocycles. The van der Waals surface area contributed by atoms with Gasteiger partial charge in [0.2, 0.25) is 0 Å². The molecule has 0 bridgehead atoms. The molecule has 1 saturated heterocycles. The van der Waals surface area contributed by atoms with Gasteiger partial charge in [-0.1, -0.05) is 0 Å². The number of hydrogen-bond donors (Lipinski definition) is 2. The van der Waals surface area contributed by atoms with Crippen LogP contribution in [-0.4, -0.2) is 32.1 Å². The fraction of sp³-hybridized carbons (Fsp3) is 0.462. The summed E-state index contributed by atoms with van der Waals surface area (Å²) in [6.07, 6.45) is 0.434. The van der Waals surface area contributed by atoms with E-state index >= 15 is 0 Å². The van der Waals surface area contributed by atoms with Gasteiger partial charge in [-0.05, 0) is 36.6 Å². The first-order valence-electron chi connectivity index (χ1n) is 6.21. The second-order valence-corrected chi connectivity index (χ2v) is 4.49. The number of nitrogens with two attached hydrogens (primary N) is 1. The molecule has 1 aromatic rings. The van der Waals surface area contributed by atoms with E-state index in [-0.39, 0.29) is 36.0 Å². The van der Waals surface area contributed by atoms with E-state index in [1.165, 1.54) is 0 Å². The Bertz CT molecular complexity index is 434. The van der Waals surface area contributed by atoms with Crippen molar-refractivity contribution in [1.82, 2.24) is 5.32 Å². The summed E-state index contributed by atoms with van der Waals surface area (Å²) in [5.74, 6) is -1.04. The predicted octanol–water partition coefficient (Wildman–Crippen LogP) is -3.64. The summed E-state index contributed by atoms with van der Waals surface area (Å²) in [4.78, 5) is 12.8. The van der Waals surface area contributed by atoms with Gasteiger partial charge in [0.1, 0.15) is 0 Å². The molecule has 1 aliphatic rings. The van der Waals surface area contributed by atoms with Crippen LogP contribution in [0.25, 0.3) is 0 Å². The monoisotopic (exact) mass is 271 g/mol. The van der Waals surface area contributed by atoms with E-state index in [1.54, 1.807) is 0 Å². The minimum atomic E-state index is -1.04. The first-order valence-corrected chi connectivity index (χ1v) is 6.21. The molecule has 1 aliphatic heterocycles. The maximum Gasteiger partial charge on any atom is 1.00 e. The molecule has 5 nitrogen and oxygen atoms in total. The van der Waals surface area contributed by atoms with Gasteiger partial charge in [0.15, 0.2) is 0 Å². The number of carboxylic acid groups (broad SMARTS) is 1. The quantitative estimate of drug-likeness (QED) is 0.436. The molecule has 98 valence electrons. The number of piperazine rings is 1.